The van der Waals surface area contributed by atoms with Gasteiger partial charge in [0.2, 0.25) is 0 Å². The largest absolute Gasteiger partial charge is 0.392 e. The zero-order valence-electron chi connectivity index (χ0n) is 6.38. The Balaban J connectivity index is 2.26. The van der Waals surface area contributed by atoms with Gasteiger partial charge in [-0.3, -0.25) is 5.32 Å². The van der Waals surface area contributed by atoms with Crippen molar-refractivity contribution in [3.05, 3.63) is 0 Å². The fourth-order valence-electron chi connectivity index (χ4n) is 1.47. The molecular formula is C7H16N2O. The molecule has 3 unspecified atom stereocenters. The van der Waals surface area contributed by atoms with Gasteiger partial charge in [-0.05, 0) is 26.2 Å². The Morgan fingerprint density at radius 2 is 2.30 bits per heavy atom. The molecule has 1 fully saturated rings. The van der Waals surface area contributed by atoms with Crippen LogP contribution in [0, 0.1) is 0 Å². The minimum absolute atomic E-state index is 0.00208. The van der Waals surface area contributed by atoms with Gasteiger partial charge in [0.05, 0.1) is 12.3 Å². The minimum atomic E-state index is -0.175. The average Bonchev–Trinajstić information content (AvgIpc) is 2.15. The maximum absolute atomic E-state index is 9.32. The first kappa shape index (κ1) is 7.98. The SMILES string of the molecule is CC(N)NC1CCCC1O. The van der Waals surface area contributed by atoms with Gasteiger partial charge < -0.3 is 10.8 Å². The highest BCUT2D eigenvalue weighted by atomic mass is 16.3. The third kappa shape index (κ3) is 1.94. The molecule has 3 heteroatoms. The Morgan fingerprint density at radius 3 is 2.70 bits per heavy atom. The summed E-state index contributed by atoms with van der Waals surface area (Å²) >= 11 is 0. The Bertz CT molecular complexity index is 106. The Morgan fingerprint density at radius 1 is 1.60 bits per heavy atom. The van der Waals surface area contributed by atoms with Gasteiger partial charge in [0.1, 0.15) is 0 Å². The topological polar surface area (TPSA) is 58.3 Å². The van der Waals surface area contributed by atoms with Crippen LogP contribution in [0.15, 0.2) is 0 Å². The van der Waals surface area contributed by atoms with Crippen LogP contribution >= 0.6 is 0 Å². The summed E-state index contributed by atoms with van der Waals surface area (Å²) in [6, 6.07) is 0.236. The van der Waals surface area contributed by atoms with E-state index < -0.39 is 0 Å². The van der Waals surface area contributed by atoms with Crippen LogP contribution in [-0.4, -0.2) is 23.4 Å². The summed E-state index contributed by atoms with van der Waals surface area (Å²) in [6.45, 7) is 1.89. The maximum atomic E-state index is 9.32. The molecule has 3 atom stereocenters. The molecule has 3 nitrogen and oxygen atoms in total. The van der Waals surface area contributed by atoms with Crippen molar-refractivity contribution in [3.8, 4) is 0 Å². The average molecular weight is 144 g/mol. The Labute approximate surface area is 61.6 Å². The smallest absolute Gasteiger partial charge is 0.0693 e. The van der Waals surface area contributed by atoms with Crippen LogP contribution in [0.3, 0.4) is 0 Å². The molecule has 60 valence electrons. The first-order chi connectivity index (χ1) is 4.70. The van der Waals surface area contributed by atoms with E-state index in [9.17, 15) is 5.11 Å². The minimum Gasteiger partial charge on any atom is -0.392 e. The molecule has 1 saturated carbocycles. The summed E-state index contributed by atoms with van der Waals surface area (Å²) in [6.07, 6.45) is 2.92. The highest BCUT2D eigenvalue weighted by Crippen LogP contribution is 2.18. The van der Waals surface area contributed by atoms with Crippen molar-refractivity contribution in [1.82, 2.24) is 5.32 Å². The van der Waals surface area contributed by atoms with E-state index >= 15 is 0 Å². The standard InChI is InChI=1S/C7H16N2O/c1-5(8)9-6-3-2-4-7(6)10/h5-7,9-10H,2-4,8H2,1H3. The van der Waals surface area contributed by atoms with E-state index in [1.165, 1.54) is 0 Å². The second kappa shape index (κ2) is 3.32. The lowest BCUT2D eigenvalue weighted by Gasteiger charge is -2.18. The summed E-state index contributed by atoms with van der Waals surface area (Å²) in [5.41, 5.74) is 5.51. The van der Waals surface area contributed by atoms with Crippen LogP contribution in [0.2, 0.25) is 0 Å². The molecule has 1 aliphatic rings. The van der Waals surface area contributed by atoms with Crippen molar-refractivity contribution < 1.29 is 5.11 Å². The van der Waals surface area contributed by atoms with Gasteiger partial charge in [0.25, 0.3) is 0 Å². The first-order valence-corrected chi connectivity index (χ1v) is 3.90. The summed E-state index contributed by atoms with van der Waals surface area (Å²) in [7, 11) is 0. The summed E-state index contributed by atoms with van der Waals surface area (Å²) in [5.74, 6) is 0. The molecule has 0 spiro atoms. The number of rotatable bonds is 2. The second-order valence-corrected chi connectivity index (χ2v) is 3.06. The number of hydrogen-bond acceptors (Lipinski definition) is 3. The first-order valence-electron chi connectivity index (χ1n) is 3.90. The lowest BCUT2D eigenvalue weighted by molar-refractivity contribution is 0.144. The van der Waals surface area contributed by atoms with Crippen molar-refractivity contribution in [2.24, 2.45) is 5.73 Å². The molecule has 0 aromatic heterocycles. The Hall–Kier alpha value is -0.120. The van der Waals surface area contributed by atoms with Crippen molar-refractivity contribution in [2.75, 3.05) is 0 Å². The van der Waals surface area contributed by atoms with Crippen LogP contribution < -0.4 is 11.1 Å². The molecule has 0 aromatic carbocycles. The third-order valence-electron chi connectivity index (χ3n) is 1.96. The highest BCUT2D eigenvalue weighted by molar-refractivity contribution is 4.83. The van der Waals surface area contributed by atoms with E-state index in [-0.39, 0.29) is 18.3 Å². The molecule has 0 bridgehead atoms. The van der Waals surface area contributed by atoms with Crippen molar-refractivity contribution in [2.45, 2.75) is 44.5 Å². The van der Waals surface area contributed by atoms with E-state index in [1.54, 1.807) is 0 Å². The molecule has 0 aliphatic heterocycles. The van der Waals surface area contributed by atoms with Crippen LogP contribution in [0.4, 0.5) is 0 Å². The summed E-state index contributed by atoms with van der Waals surface area (Å²) < 4.78 is 0. The van der Waals surface area contributed by atoms with E-state index in [0.717, 1.165) is 19.3 Å². The second-order valence-electron chi connectivity index (χ2n) is 3.06. The van der Waals surface area contributed by atoms with E-state index in [4.69, 9.17) is 5.73 Å². The summed E-state index contributed by atoms with van der Waals surface area (Å²) in [4.78, 5) is 0. The van der Waals surface area contributed by atoms with E-state index in [1.807, 2.05) is 6.92 Å². The number of aliphatic hydroxyl groups excluding tert-OH is 1. The quantitative estimate of drug-likeness (QED) is 0.470. The molecule has 0 heterocycles. The third-order valence-corrected chi connectivity index (χ3v) is 1.96. The predicted molar refractivity (Wildman–Crippen MR) is 40.4 cm³/mol. The zero-order valence-corrected chi connectivity index (χ0v) is 6.38. The van der Waals surface area contributed by atoms with Crippen LogP contribution in [0.5, 0.6) is 0 Å². The number of hydrogen-bond donors (Lipinski definition) is 3. The molecule has 0 saturated heterocycles. The lowest BCUT2D eigenvalue weighted by atomic mass is 10.2. The van der Waals surface area contributed by atoms with Crippen LogP contribution in [0.1, 0.15) is 26.2 Å². The molecule has 0 radical (unpaired) electrons. The van der Waals surface area contributed by atoms with Crippen LogP contribution in [-0.2, 0) is 0 Å². The van der Waals surface area contributed by atoms with Gasteiger partial charge in [-0.15, -0.1) is 0 Å². The molecule has 4 N–H and O–H groups in total. The van der Waals surface area contributed by atoms with Crippen molar-refractivity contribution in [3.63, 3.8) is 0 Å². The van der Waals surface area contributed by atoms with E-state index in [2.05, 4.69) is 5.32 Å². The monoisotopic (exact) mass is 144 g/mol. The van der Waals surface area contributed by atoms with Crippen molar-refractivity contribution in [1.29, 1.82) is 0 Å². The van der Waals surface area contributed by atoms with Gasteiger partial charge in [-0.1, -0.05) is 0 Å². The Kier molecular flexibility index (Phi) is 2.65. The molecule has 0 amide bonds. The molecule has 10 heavy (non-hydrogen) atoms. The molecule has 1 aliphatic carbocycles. The predicted octanol–water partition coefficient (Wildman–Crippen LogP) is -0.206. The number of aliphatic hydroxyl groups is 1. The van der Waals surface area contributed by atoms with Crippen LogP contribution in [0.25, 0.3) is 0 Å². The maximum Gasteiger partial charge on any atom is 0.0693 e. The normalized spacial score (nSPS) is 36.3. The fraction of sp³-hybridized carbons (Fsp3) is 1.00. The van der Waals surface area contributed by atoms with Crippen molar-refractivity contribution >= 4 is 0 Å². The molecular weight excluding hydrogens is 128 g/mol. The van der Waals surface area contributed by atoms with E-state index in [0.29, 0.717) is 0 Å². The number of nitrogens with one attached hydrogen (secondary N) is 1. The highest BCUT2D eigenvalue weighted by Gasteiger charge is 2.24. The van der Waals surface area contributed by atoms with Gasteiger partial charge in [0.15, 0.2) is 0 Å². The molecule has 0 aromatic rings. The molecule has 1 rings (SSSR count). The fourth-order valence-corrected chi connectivity index (χ4v) is 1.47. The summed E-state index contributed by atoms with van der Waals surface area (Å²) in [5, 5.41) is 12.4. The van der Waals surface area contributed by atoms with Gasteiger partial charge in [-0.2, -0.15) is 0 Å². The number of nitrogens with two attached hydrogens (primary N) is 1. The van der Waals surface area contributed by atoms with Gasteiger partial charge >= 0.3 is 0 Å². The van der Waals surface area contributed by atoms with Gasteiger partial charge in [-0.25, -0.2) is 0 Å². The van der Waals surface area contributed by atoms with Gasteiger partial charge in [0, 0.05) is 6.04 Å². The zero-order chi connectivity index (χ0) is 7.56. The lowest BCUT2D eigenvalue weighted by Crippen LogP contribution is -2.45.